The smallest absolute Gasteiger partial charge is 0.264 e. The Morgan fingerprint density at radius 3 is 2.74 bits per heavy atom. The molecule has 0 saturated heterocycles. The van der Waals surface area contributed by atoms with Crippen LogP contribution in [0.3, 0.4) is 0 Å². The Morgan fingerprint density at radius 1 is 1.22 bits per heavy atom. The van der Waals surface area contributed by atoms with Crippen molar-refractivity contribution in [2.24, 2.45) is 0 Å². The number of nitrogens with zero attached hydrogens (tertiary/aromatic N) is 5. The number of aromatic nitrogens is 5. The Hall–Kier alpha value is -2.64. The van der Waals surface area contributed by atoms with Crippen LogP contribution in [0.25, 0.3) is 5.69 Å². The number of hydrogen-bond acceptors (Lipinski definition) is 3. The third kappa shape index (κ3) is 3.41. The number of aryl methyl sites for hydroxylation is 3. The van der Waals surface area contributed by atoms with Crippen molar-refractivity contribution in [3.05, 3.63) is 59.7 Å². The van der Waals surface area contributed by atoms with Crippen LogP contribution in [0.4, 0.5) is 13.2 Å². The fourth-order valence-corrected chi connectivity index (χ4v) is 2.27. The van der Waals surface area contributed by atoms with E-state index in [1.807, 2.05) is 17.7 Å². The Morgan fingerprint density at radius 2 is 2.04 bits per heavy atom. The molecule has 0 aliphatic heterocycles. The van der Waals surface area contributed by atoms with Crippen LogP contribution in [-0.2, 0) is 13.0 Å². The lowest BCUT2D eigenvalue weighted by Crippen LogP contribution is -2.02. The van der Waals surface area contributed by atoms with Gasteiger partial charge >= 0.3 is 0 Å². The molecule has 8 heteroatoms. The third-order valence-corrected chi connectivity index (χ3v) is 3.49. The Bertz CT molecular complexity index is 809. The van der Waals surface area contributed by atoms with Crippen molar-refractivity contribution in [3.8, 4) is 5.69 Å². The second kappa shape index (κ2) is 6.23. The Balaban J connectivity index is 1.78. The van der Waals surface area contributed by atoms with Gasteiger partial charge in [0.25, 0.3) is 6.43 Å². The molecule has 5 nitrogen and oxygen atoms in total. The average molecular weight is 321 g/mol. The average Bonchev–Trinajstić information content (AvgIpc) is 3.13. The van der Waals surface area contributed by atoms with Gasteiger partial charge in [-0.3, -0.25) is 0 Å². The van der Waals surface area contributed by atoms with Crippen molar-refractivity contribution in [2.45, 2.75) is 26.3 Å². The first kappa shape index (κ1) is 15.3. The molecular formula is C15H14F3N5. The van der Waals surface area contributed by atoms with Gasteiger partial charge in [-0.05, 0) is 25.1 Å². The summed E-state index contributed by atoms with van der Waals surface area (Å²) in [6, 6.07) is 3.16. The van der Waals surface area contributed by atoms with E-state index in [9.17, 15) is 13.2 Å². The molecule has 0 amide bonds. The zero-order valence-corrected chi connectivity index (χ0v) is 12.3. The van der Waals surface area contributed by atoms with Crippen molar-refractivity contribution < 1.29 is 13.2 Å². The standard InChI is InChI=1S/C15H14F3N5/c1-10-19-3-5-22(10)4-2-13-9-23(21-20-13)14-7-11(15(17)18)6-12(16)8-14/h3,5-9,15H,2,4H2,1H3. The van der Waals surface area contributed by atoms with E-state index in [1.165, 1.54) is 10.7 Å². The summed E-state index contributed by atoms with van der Waals surface area (Å²) in [7, 11) is 0. The molecule has 0 atom stereocenters. The van der Waals surface area contributed by atoms with Crippen LogP contribution in [0.2, 0.25) is 0 Å². The van der Waals surface area contributed by atoms with Crippen molar-refractivity contribution >= 4 is 0 Å². The van der Waals surface area contributed by atoms with Crippen LogP contribution in [-0.4, -0.2) is 24.5 Å². The fourth-order valence-electron chi connectivity index (χ4n) is 2.27. The van der Waals surface area contributed by atoms with Crippen LogP contribution in [0.1, 0.15) is 23.5 Å². The van der Waals surface area contributed by atoms with Gasteiger partial charge in [-0.15, -0.1) is 5.10 Å². The number of benzene rings is 1. The third-order valence-electron chi connectivity index (χ3n) is 3.49. The number of alkyl halides is 2. The molecule has 0 bridgehead atoms. The van der Waals surface area contributed by atoms with Crippen LogP contribution in [0.5, 0.6) is 0 Å². The van der Waals surface area contributed by atoms with Crippen molar-refractivity contribution in [3.63, 3.8) is 0 Å². The molecule has 3 rings (SSSR count). The van der Waals surface area contributed by atoms with Crippen molar-refractivity contribution in [1.29, 1.82) is 0 Å². The highest BCUT2D eigenvalue weighted by Gasteiger charge is 2.12. The largest absolute Gasteiger partial charge is 0.335 e. The van der Waals surface area contributed by atoms with E-state index in [1.54, 1.807) is 12.4 Å². The molecule has 3 aromatic rings. The van der Waals surface area contributed by atoms with Crippen LogP contribution < -0.4 is 0 Å². The van der Waals surface area contributed by atoms with Crippen LogP contribution >= 0.6 is 0 Å². The summed E-state index contributed by atoms with van der Waals surface area (Å²) in [4.78, 5) is 4.13. The van der Waals surface area contributed by atoms with E-state index in [0.29, 0.717) is 18.7 Å². The fraction of sp³-hybridized carbons (Fsp3) is 0.267. The lowest BCUT2D eigenvalue weighted by atomic mass is 10.2. The highest BCUT2D eigenvalue weighted by Crippen LogP contribution is 2.22. The molecule has 2 heterocycles. The van der Waals surface area contributed by atoms with Crippen molar-refractivity contribution in [2.75, 3.05) is 0 Å². The topological polar surface area (TPSA) is 48.5 Å². The van der Waals surface area contributed by atoms with Gasteiger partial charge in [0.05, 0.1) is 17.6 Å². The van der Waals surface area contributed by atoms with Gasteiger partial charge in [-0.2, -0.15) is 0 Å². The van der Waals surface area contributed by atoms with Crippen LogP contribution in [0, 0.1) is 12.7 Å². The predicted molar refractivity (Wildman–Crippen MR) is 76.9 cm³/mol. The van der Waals surface area contributed by atoms with Gasteiger partial charge in [0.15, 0.2) is 0 Å². The number of halogens is 3. The van der Waals surface area contributed by atoms with Gasteiger partial charge in [0.1, 0.15) is 11.6 Å². The van der Waals surface area contributed by atoms with E-state index < -0.39 is 12.2 Å². The zero-order chi connectivity index (χ0) is 16.4. The number of rotatable bonds is 5. The summed E-state index contributed by atoms with van der Waals surface area (Å²) in [6.45, 7) is 2.57. The minimum atomic E-state index is -2.74. The first-order valence-electron chi connectivity index (χ1n) is 7.01. The SMILES string of the molecule is Cc1nccn1CCc1cn(-c2cc(F)cc(C(F)F)c2)nn1. The summed E-state index contributed by atoms with van der Waals surface area (Å²) >= 11 is 0. The minimum absolute atomic E-state index is 0.220. The first-order valence-corrected chi connectivity index (χ1v) is 7.01. The normalized spacial score (nSPS) is 11.3. The van der Waals surface area contributed by atoms with E-state index in [0.717, 1.165) is 18.0 Å². The van der Waals surface area contributed by atoms with Crippen LogP contribution in [0.15, 0.2) is 36.8 Å². The molecule has 0 saturated carbocycles. The van der Waals surface area contributed by atoms with Gasteiger partial charge in [-0.1, -0.05) is 5.21 Å². The lowest BCUT2D eigenvalue weighted by Gasteiger charge is -2.05. The van der Waals surface area contributed by atoms with E-state index in [2.05, 4.69) is 15.3 Å². The quantitative estimate of drug-likeness (QED) is 0.725. The molecule has 2 aromatic heterocycles. The molecule has 0 spiro atoms. The van der Waals surface area contributed by atoms with E-state index in [4.69, 9.17) is 0 Å². The van der Waals surface area contributed by atoms with E-state index >= 15 is 0 Å². The van der Waals surface area contributed by atoms with Gasteiger partial charge in [0, 0.05) is 30.9 Å². The molecule has 0 unspecified atom stereocenters. The molecule has 0 aliphatic carbocycles. The molecule has 120 valence electrons. The number of hydrogen-bond donors (Lipinski definition) is 0. The summed E-state index contributed by atoms with van der Waals surface area (Å²) in [5.74, 6) is 0.160. The molecule has 1 aromatic carbocycles. The highest BCUT2D eigenvalue weighted by molar-refractivity contribution is 5.36. The second-order valence-corrected chi connectivity index (χ2v) is 5.12. The number of imidazole rings is 1. The van der Waals surface area contributed by atoms with Gasteiger partial charge in [-0.25, -0.2) is 22.8 Å². The molecule has 0 aliphatic rings. The highest BCUT2D eigenvalue weighted by atomic mass is 19.3. The molecular weight excluding hydrogens is 307 g/mol. The predicted octanol–water partition coefficient (Wildman–Crippen LogP) is 3.09. The molecule has 0 N–H and O–H groups in total. The summed E-state index contributed by atoms with van der Waals surface area (Å²) in [6.07, 6.45) is 3.05. The molecule has 0 fully saturated rings. The summed E-state index contributed by atoms with van der Waals surface area (Å²) < 4.78 is 42.2. The van der Waals surface area contributed by atoms with Crippen molar-refractivity contribution in [1.82, 2.24) is 24.5 Å². The minimum Gasteiger partial charge on any atom is -0.335 e. The Kier molecular flexibility index (Phi) is 4.14. The molecule has 0 radical (unpaired) electrons. The first-order chi connectivity index (χ1) is 11.0. The lowest BCUT2D eigenvalue weighted by molar-refractivity contribution is 0.151. The van der Waals surface area contributed by atoms with E-state index in [-0.39, 0.29) is 11.3 Å². The summed E-state index contributed by atoms with van der Waals surface area (Å²) in [5, 5.41) is 7.88. The summed E-state index contributed by atoms with van der Waals surface area (Å²) in [5.41, 5.74) is 0.518. The maximum Gasteiger partial charge on any atom is 0.264 e. The molecule has 23 heavy (non-hydrogen) atoms. The second-order valence-electron chi connectivity index (χ2n) is 5.12. The van der Waals surface area contributed by atoms with Gasteiger partial charge < -0.3 is 4.57 Å². The van der Waals surface area contributed by atoms with Gasteiger partial charge in [0.2, 0.25) is 0 Å². The Labute approximate surface area is 130 Å². The maximum absolute atomic E-state index is 13.5. The zero-order valence-electron chi connectivity index (χ0n) is 12.3. The maximum atomic E-state index is 13.5. The monoisotopic (exact) mass is 321 g/mol.